The number of aliphatic carboxylic acids is 2. The lowest BCUT2D eigenvalue weighted by Gasteiger charge is -2.24. The molecule has 3 rings (SSSR count). The SMILES string of the molecule is NC(Cc1c[nH]c2ccccc12)C(=O)NC(Cc1cnc[nH]1)C(=O)NC(CO)C(=O)NC(CC(=O)O)C(=O)O. The van der Waals surface area contributed by atoms with Crippen molar-refractivity contribution in [2.45, 2.75) is 43.4 Å². The summed E-state index contributed by atoms with van der Waals surface area (Å²) in [6.07, 6.45) is 3.71. The Balaban J connectivity index is 1.70. The van der Waals surface area contributed by atoms with E-state index in [9.17, 15) is 29.1 Å². The Bertz CT molecular complexity index is 1320. The van der Waals surface area contributed by atoms with Gasteiger partial charge in [-0.15, -0.1) is 0 Å². The molecule has 0 fully saturated rings. The second kappa shape index (κ2) is 13.2. The number of hydrogen-bond acceptors (Lipinski definition) is 8. The van der Waals surface area contributed by atoms with Crippen LogP contribution in [0.15, 0.2) is 43.0 Å². The minimum absolute atomic E-state index is 0.0755. The third-order valence-corrected chi connectivity index (χ3v) is 5.87. The first-order valence-electron chi connectivity index (χ1n) is 11.8. The highest BCUT2D eigenvalue weighted by Crippen LogP contribution is 2.18. The highest BCUT2D eigenvalue weighted by molar-refractivity contribution is 5.95. The Morgan fingerprint density at radius 2 is 1.56 bits per heavy atom. The molecule has 3 amide bonds. The van der Waals surface area contributed by atoms with Gasteiger partial charge in [-0.3, -0.25) is 19.2 Å². The zero-order chi connectivity index (χ0) is 28.5. The molecule has 0 aliphatic heterocycles. The second-order valence-electron chi connectivity index (χ2n) is 8.75. The first-order valence-corrected chi connectivity index (χ1v) is 11.8. The Morgan fingerprint density at radius 3 is 2.21 bits per heavy atom. The number of carboxylic acid groups (broad SMARTS) is 2. The monoisotopic (exact) mass is 543 g/mol. The third kappa shape index (κ3) is 7.86. The lowest BCUT2D eigenvalue weighted by atomic mass is 10.0. The molecular formula is C24H29N7O8. The summed E-state index contributed by atoms with van der Waals surface area (Å²) in [5.74, 6) is -5.74. The van der Waals surface area contributed by atoms with E-state index in [1.807, 2.05) is 29.6 Å². The van der Waals surface area contributed by atoms with Gasteiger partial charge < -0.3 is 47.0 Å². The minimum Gasteiger partial charge on any atom is -0.481 e. The summed E-state index contributed by atoms with van der Waals surface area (Å²) in [5.41, 5.74) is 8.28. The molecule has 10 N–H and O–H groups in total. The molecule has 2 aromatic heterocycles. The first-order chi connectivity index (χ1) is 18.6. The molecular weight excluding hydrogens is 514 g/mol. The van der Waals surface area contributed by atoms with E-state index in [1.54, 1.807) is 6.20 Å². The van der Waals surface area contributed by atoms with Crippen LogP contribution in [-0.2, 0) is 36.8 Å². The summed E-state index contributed by atoms with van der Waals surface area (Å²) in [6, 6.07) is 1.76. The molecule has 0 aliphatic carbocycles. The first kappa shape index (κ1) is 28.8. The van der Waals surface area contributed by atoms with Crippen molar-refractivity contribution < 1.29 is 39.3 Å². The molecule has 0 bridgehead atoms. The Hall–Kier alpha value is -4.76. The van der Waals surface area contributed by atoms with Crippen LogP contribution in [0.25, 0.3) is 10.9 Å². The summed E-state index contributed by atoms with van der Waals surface area (Å²) in [6.45, 7) is -0.929. The van der Waals surface area contributed by atoms with E-state index in [1.165, 1.54) is 12.5 Å². The van der Waals surface area contributed by atoms with Gasteiger partial charge in [0, 0.05) is 35.4 Å². The number of hydrogen-bond donors (Lipinski definition) is 9. The van der Waals surface area contributed by atoms with Crippen LogP contribution in [0.3, 0.4) is 0 Å². The van der Waals surface area contributed by atoms with Crippen molar-refractivity contribution in [1.29, 1.82) is 0 Å². The Morgan fingerprint density at radius 1 is 0.897 bits per heavy atom. The summed E-state index contributed by atoms with van der Waals surface area (Å²) >= 11 is 0. The van der Waals surface area contributed by atoms with Gasteiger partial charge in [0.25, 0.3) is 0 Å². The number of amides is 3. The number of benzene rings is 1. The van der Waals surface area contributed by atoms with Crippen LogP contribution in [0.2, 0.25) is 0 Å². The third-order valence-electron chi connectivity index (χ3n) is 5.87. The molecule has 4 unspecified atom stereocenters. The molecule has 1 aromatic carbocycles. The van der Waals surface area contributed by atoms with Crippen molar-refractivity contribution >= 4 is 40.6 Å². The number of nitrogens with two attached hydrogens (primary N) is 1. The number of carboxylic acids is 2. The zero-order valence-corrected chi connectivity index (χ0v) is 20.6. The van der Waals surface area contributed by atoms with Crippen LogP contribution in [0.5, 0.6) is 0 Å². The number of aromatic nitrogens is 3. The molecule has 2 heterocycles. The Kier molecular flexibility index (Phi) is 9.72. The molecule has 0 saturated heterocycles. The van der Waals surface area contributed by atoms with E-state index in [2.05, 4.69) is 25.6 Å². The van der Waals surface area contributed by atoms with Crippen molar-refractivity contribution in [2.75, 3.05) is 6.61 Å². The lowest BCUT2D eigenvalue weighted by molar-refractivity contribution is -0.147. The van der Waals surface area contributed by atoms with E-state index in [-0.39, 0.29) is 12.8 Å². The number of para-hydroxylation sites is 1. The maximum absolute atomic E-state index is 13.1. The highest BCUT2D eigenvalue weighted by Gasteiger charge is 2.31. The van der Waals surface area contributed by atoms with E-state index >= 15 is 0 Å². The molecule has 0 aliphatic rings. The molecule has 39 heavy (non-hydrogen) atoms. The van der Waals surface area contributed by atoms with Crippen LogP contribution < -0.4 is 21.7 Å². The van der Waals surface area contributed by atoms with Gasteiger partial charge in [0.15, 0.2) is 0 Å². The van der Waals surface area contributed by atoms with Crippen LogP contribution in [0.4, 0.5) is 0 Å². The molecule has 15 heteroatoms. The number of nitrogens with zero attached hydrogens (tertiary/aromatic N) is 1. The van der Waals surface area contributed by atoms with Gasteiger partial charge in [-0.2, -0.15) is 0 Å². The van der Waals surface area contributed by atoms with Crippen LogP contribution in [-0.4, -0.2) is 90.7 Å². The van der Waals surface area contributed by atoms with E-state index in [0.29, 0.717) is 5.69 Å². The highest BCUT2D eigenvalue weighted by atomic mass is 16.4. The number of aromatic amines is 2. The quantitative estimate of drug-likeness (QED) is 0.108. The summed E-state index contributed by atoms with van der Waals surface area (Å²) in [5, 5.41) is 35.3. The number of fused-ring (bicyclic) bond motifs is 1. The van der Waals surface area contributed by atoms with E-state index < -0.39 is 66.9 Å². The summed E-state index contributed by atoms with van der Waals surface area (Å²) in [4.78, 5) is 70.4. The number of aliphatic hydroxyl groups is 1. The van der Waals surface area contributed by atoms with Gasteiger partial charge in [-0.1, -0.05) is 18.2 Å². The van der Waals surface area contributed by atoms with E-state index in [4.69, 9.17) is 15.9 Å². The molecule has 0 radical (unpaired) electrons. The van der Waals surface area contributed by atoms with Gasteiger partial charge in [-0.05, 0) is 18.1 Å². The fraction of sp³-hybridized carbons (Fsp3) is 0.333. The van der Waals surface area contributed by atoms with Gasteiger partial charge in [0.1, 0.15) is 18.1 Å². The van der Waals surface area contributed by atoms with Gasteiger partial charge >= 0.3 is 11.9 Å². The predicted molar refractivity (Wildman–Crippen MR) is 135 cm³/mol. The minimum atomic E-state index is -1.79. The smallest absolute Gasteiger partial charge is 0.326 e. The summed E-state index contributed by atoms with van der Waals surface area (Å²) < 4.78 is 0. The number of aliphatic hydroxyl groups excluding tert-OH is 1. The maximum Gasteiger partial charge on any atom is 0.326 e. The number of nitrogens with one attached hydrogen (secondary N) is 5. The van der Waals surface area contributed by atoms with Crippen LogP contribution in [0, 0.1) is 0 Å². The average Bonchev–Trinajstić information content (AvgIpc) is 3.56. The van der Waals surface area contributed by atoms with Gasteiger partial charge in [0.05, 0.1) is 25.4 Å². The van der Waals surface area contributed by atoms with Crippen molar-refractivity contribution in [1.82, 2.24) is 30.9 Å². The molecule has 0 saturated carbocycles. The zero-order valence-electron chi connectivity index (χ0n) is 20.6. The number of imidazole rings is 1. The summed E-state index contributed by atoms with van der Waals surface area (Å²) in [7, 11) is 0. The fourth-order valence-corrected chi connectivity index (χ4v) is 3.85. The van der Waals surface area contributed by atoms with Crippen LogP contribution in [0.1, 0.15) is 17.7 Å². The number of H-pyrrole nitrogens is 2. The molecule has 4 atom stereocenters. The standard InChI is InChI=1S/C24H29N7O8/c25-15(5-12-8-27-16-4-2-1-3-14(12)16)21(35)29-17(6-13-9-26-11-28-13)22(36)31-19(10-32)23(37)30-18(24(38)39)7-20(33)34/h1-4,8-9,11,15,17-19,27,32H,5-7,10,25H2,(H,26,28)(H,29,35)(H,30,37)(H,31,36)(H,33,34)(H,38,39). The Labute approximate surface area is 221 Å². The van der Waals surface area contributed by atoms with E-state index in [0.717, 1.165) is 16.5 Å². The van der Waals surface area contributed by atoms with Gasteiger partial charge in [-0.25, -0.2) is 9.78 Å². The predicted octanol–water partition coefficient (Wildman–Crippen LogP) is -1.99. The average molecular weight is 544 g/mol. The largest absolute Gasteiger partial charge is 0.481 e. The number of carbonyl (C=O) groups is 5. The van der Waals surface area contributed by atoms with Crippen molar-refractivity contribution in [2.24, 2.45) is 5.73 Å². The van der Waals surface area contributed by atoms with Crippen molar-refractivity contribution in [3.8, 4) is 0 Å². The molecule has 3 aromatic rings. The maximum atomic E-state index is 13.1. The van der Waals surface area contributed by atoms with Crippen LogP contribution >= 0.6 is 0 Å². The number of rotatable bonds is 14. The van der Waals surface area contributed by atoms with Crippen molar-refractivity contribution in [3.05, 3.63) is 54.2 Å². The molecule has 15 nitrogen and oxygen atoms in total. The van der Waals surface area contributed by atoms with Gasteiger partial charge in [0.2, 0.25) is 17.7 Å². The molecule has 0 spiro atoms. The van der Waals surface area contributed by atoms with Crippen molar-refractivity contribution in [3.63, 3.8) is 0 Å². The second-order valence-corrected chi connectivity index (χ2v) is 8.75. The lowest BCUT2D eigenvalue weighted by Crippen LogP contribution is -2.58. The molecule has 208 valence electrons. The normalized spacial score (nSPS) is 14.1. The topological polar surface area (TPSA) is 253 Å². The fourth-order valence-electron chi connectivity index (χ4n) is 3.85. The number of carbonyl (C=O) groups excluding carboxylic acids is 3.